The van der Waals surface area contributed by atoms with Gasteiger partial charge in [0.1, 0.15) is 5.75 Å². The molecule has 0 spiro atoms. The van der Waals surface area contributed by atoms with E-state index < -0.39 is 0 Å². The van der Waals surface area contributed by atoms with Crippen LogP contribution in [0.5, 0.6) is 5.75 Å². The van der Waals surface area contributed by atoms with Crippen molar-refractivity contribution in [2.45, 2.75) is 6.54 Å². The second-order valence-electron chi connectivity index (χ2n) is 3.13. The summed E-state index contributed by atoms with van der Waals surface area (Å²) in [4.78, 5) is 4.02. The van der Waals surface area contributed by atoms with Gasteiger partial charge in [-0.15, -0.1) is 0 Å². The minimum atomic E-state index is 0.633. The van der Waals surface area contributed by atoms with Gasteiger partial charge in [-0.25, -0.2) is 0 Å². The number of rotatable bonds is 3. The van der Waals surface area contributed by atoms with E-state index in [-0.39, 0.29) is 0 Å². The third-order valence-electron chi connectivity index (χ3n) is 2.16. The van der Waals surface area contributed by atoms with Crippen LogP contribution in [-0.4, -0.2) is 27.2 Å². The Morgan fingerprint density at radius 3 is 2.81 bits per heavy atom. The molecule has 5 heteroatoms. The van der Waals surface area contributed by atoms with Crippen molar-refractivity contribution in [2.24, 2.45) is 4.99 Å². The van der Waals surface area contributed by atoms with Crippen LogP contribution in [0.1, 0.15) is 5.56 Å². The maximum absolute atomic E-state index is 5.88. The molecule has 2 N–H and O–H groups in total. The molecule has 0 fully saturated rings. The highest BCUT2D eigenvalue weighted by Crippen LogP contribution is 2.22. The number of methoxy groups -OCH3 is 1. The second-order valence-corrected chi connectivity index (χ2v) is 3.57. The summed E-state index contributed by atoms with van der Waals surface area (Å²) < 4.78 is 5.24. The molecule has 1 aromatic rings. The van der Waals surface area contributed by atoms with Gasteiger partial charge in [-0.05, 0) is 12.1 Å². The molecule has 4 nitrogen and oxygen atoms in total. The van der Waals surface area contributed by atoms with E-state index in [1.165, 1.54) is 0 Å². The van der Waals surface area contributed by atoms with Crippen LogP contribution in [0.2, 0.25) is 5.02 Å². The first-order valence-corrected chi connectivity index (χ1v) is 5.30. The number of halogens is 1. The first kappa shape index (κ1) is 12.6. The average Bonchev–Trinajstić information content (AvgIpc) is 2.31. The summed E-state index contributed by atoms with van der Waals surface area (Å²) in [5, 5.41) is 6.75. The summed E-state index contributed by atoms with van der Waals surface area (Å²) in [6.45, 7) is 0.633. The number of guanidine groups is 1. The zero-order valence-electron chi connectivity index (χ0n) is 9.67. The highest BCUT2D eigenvalue weighted by atomic mass is 35.5. The molecule has 0 atom stereocenters. The summed E-state index contributed by atoms with van der Waals surface area (Å²) in [5.41, 5.74) is 1.03. The quantitative estimate of drug-likeness (QED) is 0.625. The fourth-order valence-electron chi connectivity index (χ4n) is 1.32. The van der Waals surface area contributed by atoms with E-state index in [4.69, 9.17) is 16.3 Å². The molecule has 0 radical (unpaired) electrons. The number of nitrogens with zero attached hydrogens (tertiary/aromatic N) is 1. The van der Waals surface area contributed by atoms with Crippen LogP contribution < -0.4 is 15.4 Å². The maximum Gasteiger partial charge on any atom is 0.190 e. The van der Waals surface area contributed by atoms with Gasteiger partial charge >= 0.3 is 0 Å². The molecule has 0 bridgehead atoms. The number of hydrogen-bond acceptors (Lipinski definition) is 2. The molecule has 0 aliphatic rings. The molecule has 0 heterocycles. The molecular weight excluding hydrogens is 226 g/mol. The van der Waals surface area contributed by atoms with Crippen molar-refractivity contribution in [2.75, 3.05) is 21.2 Å². The van der Waals surface area contributed by atoms with E-state index in [9.17, 15) is 0 Å². The van der Waals surface area contributed by atoms with Crippen molar-refractivity contribution in [3.05, 3.63) is 28.8 Å². The van der Waals surface area contributed by atoms with Crippen LogP contribution >= 0.6 is 11.6 Å². The van der Waals surface area contributed by atoms with Crippen molar-refractivity contribution in [1.82, 2.24) is 10.6 Å². The Kier molecular flexibility index (Phi) is 4.92. The molecule has 0 aliphatic carbocycles. The lowest BCUT2D eigenvalue weighted by molar-refractivity contribution is 0.409. The van der Waals surface area contributed by atoms with E-state index in [0.29, 0.717) is 11.6 Å². The second kappa shape index (κ2) is 6.23. The van der Waals surface area contributed by atoms with Gasteiger partial charge in [0.25, 0.3) is 0 Å². The van der Waals surface area contributed by atoms with Gasteiger partial charge in [0.15, 0.2) is 5.96 Å². The van der Waals surface area contributed by atoms with Crippen LogP contribution in [0.3, 0.4) is 0 Å². The van der Waals surface area contributed by atoms with Gasteiger partial charge in [-0.1, -0.05) is 17.7 Å². The molecule has 0 aliphatic heterocycles. The molecule has 0 amide bonds. The lowest BCUT2D eigenvalue weighted by atomic mass is 10.2. The van der Waals surface area contributed by atoms with Crippen LogP contribution in [0.25, 0.3) is 0 Å². The first-order valence-electron chi connectivity index (χ1n) is 4.92. The van der Waals surface area contributed by atoms with Crippen LogP contribution in [0.15, 0.2) is 23.2 Å². The third kappa shape index (κ3) is 3.31. The number of ether oxygens (including phenoxy) is 1. The van der Waals surface area contributed by atoms with Crippen molar-refractivity contribution in [3.8, 4) is 5.75 Å². The SMILES string of the molecule is CN=C(NC)NCc1ccc(Cl)cc1OC. The minimum Gasteiger partial charge on any atom is -0.496 e. The normalized spacial score (nSPS) is 11.1. The molecule has 0 aromatic heterocycles. The molecule has 0 saturated carbocycles. The average molecular weight is 242 g/mol. The Hall–Kier alpha value is -1.42. The standard InChI is InChI=1S/C11H16ClN3O/c1-13-11(14-2)15-7-8-4-5-9(12)6-10(8)16-3/h4-6H,7H2,1-3H3,(H2,13,14,15). The van der Waals surface area contributed by atoms with Crippen molar-refractivity contribution in [1.29, 1.82) is 0 Å². The number of hydrogen-bond donors (Lipinski definition) is 2. The molecule has 88 valence electrons. The molecule has 0 saturated heterocycles. The molecule has 0 unspecified atom stereocenters. The van der Waals surface area contributed by atoms with Gasteiger partial charge in [-0.3, -0.25) is 4.99 Å². The predicted molar refractivity (Wildman–Crippen MR) is 67.3 cm³/mol. The lowest BCUT2D eigenvalue weighted by Gasteiger charge is -2.11. The predicted octanol–water partition coefficient (Wildman–Crippen LogP) is 1.64. The summed E-state index contributed by atoms with van der Waals surface area (Å²) in [6, 6.07) is 5.56. The van der Waals surface area contributed by atoms with Crippen molar-refractivity contribution < 1.29 is 4.74 Å². The maximum atomic E-state index is 5.88. The number of aliphatic imine (C=N–C) groups is 1. The highest BCUT2D eigenvalue weighted by Gasteiger charge is 2.04. The van der Waals surface area contributed by atoms with E-state index in [1.807, 2.05) is 19.2 Å². The van der Waals surface area contributed by atoms with E-state index in [2.05, 4.69) is 15.6 Å². The Labute approximate surface area is 101 Å². The summed E-state index contributed by atoms with van der Waals surface area (Å²) in [6.07, 6.45) is 0. The van der Waals surface area contributed by atoms with Crippen LogP contribution in [-0.2, 0) is 6.54 Å². The van der Waals surface area contributed by atoms with Gasteiger partial charge in [-0.2, -0.15) is 0 Å². The van der Waals surface area contributed by atoms with Gasteiger partial charge < -0.3 is 15.4 Å². The summed E-state index contributed by atoms with van der Waals surface area (Å²) in [5.74, 6) is 1.50. The Bertz CT molecular complexity index is 379. The Morgan fingerprint density at radius 1 is 1.50 bits per heavy atom. The minimum absolute atomic E-state index is 0.633. The van der Waals surface area contributed by atoms with Crippen molar-refractivity contribution in [3.63, 3.8) is 0 Å². The topological polar surface area (TPSA) is 45.7 Å². The first-order chi connectivity index (χ1) is 7.71. The van der Waals surface area contributed by atoms with Gasteiger partial charge in [0.05, 0.1) is 7.11 Å². The molecule has 1 rings (SSSR count). The van der Waals surface area contributed by atoms with E-state index in [0.717, 1.165) is 17.3 Å². The van der Waals surface area contributed by atoms with Gasteiger partial charge in [0.2, 0.25) is 0 Å². The molecule has 16 heavy (non-hydrogen) atoms. The lowest BCUT2D eigenvalue weighted by Crippen LogP contribution is -2.34. The van der Waals surface area contributed by atoms with Crippen LogP contribution in [0, 0.1) is 0 Å². The van der Waals surface area contributed by atoms with Crippen LogP contribution in [0.4, 0.5) is 0 Å². The molecular formula is C11H16ClN3O. The number of benzene rings is 1. The highest BCUT2D eigenvalue weighted by molar-refractivity contribution is 6.30. The number of nitrogens with one attached hydrogen (secondary N) is 2. The van der Waals surface area contributed by atoms with Gasteiger partial charge in [0, 0.05) is 31.2 Å². The summed E-state index contributed by atoms with van der Waals surface area (Å²) in [7, 11) is 5.16. The monoisotopic (exact) mass is 241 g/mol. The third-order valence-corrected chi connectivity index (χ3v) is 2.39. The largest absolute Gasteiger partial charge is 0.496 e. The smallest absolute Gasteiger partial charge is 0.190 e. The van der Waals surface area contributed by atoms with E-state index in [1.54, 1.807) is 20.2 Å². The van der Waals surface area contributed by atoms with Crippen molar-refractivity contribution >= 4 is 17.6 Å². The molecule has 1 aromatic carbocycles. The Morgan fingerprint density at radius 2 is 2.25 bits per heavy atom. The zero-order valence-corrected chi connectivity index (χ0v) is 10.4. The summed E-state index contributed by atoms with van der Waals surface area (Å²) >= 11 is 5.88. The van der Waals surface area contributed by atoms with E-state index >= 15 is 0 Å². The Balaban J connectivity index is 2.73. The zero-order chi connectivity index (χ0) is 12.0. The fraction of sp³-hybridized carbons (Fsp3) is 0.364. The fourth-order valence-corrected chi connectivity index (χ4v) is 1.48.